The first kappa shape index (κ1) is 12.3. The van der Waals surface area contributed by atoms with Crippen LogP contribution in [0.2, 0.25) is 0 Å². The zero-order chi connectivity index (χ0) is 12.3. The molecule has 1 unspecified atom stereocenters. The molecule has 0 spiro atoms. The minimum absolute atomic E-state index is 0.173. The number of nitrogens with zero attached hydrogens (tertiary/aromatic N) is 1. The van der Waals surface area contributed by atoms with Crippen molar-refractivity contribution in [1.29, 1.82) is 0 Å². The van der Waals surface area contributed by atoms with Crippen LogP contribution in [0.15, 0.2) is 29.2 Å². The standard InChI is InChI=1S/C12H15NO3S/c1-15-8-10-7-13(12(14)16-10)9-3-5-11(17-2)6-4-9/h3-6,10H,7-8H2,1-2H3. The van der Waals surface area contributed by atoms with E-state index in [1.54, 1.807) is 23.8 Å². The summed E-state index contributed by atoms with van der Waals surface area (Å²) in [7, 11) is 1.60. The maximum Gasteiger partial charge on any atom is 0.414 e. The van der Waals surface area contributed by atoms with Gasteiger partial charge >= 0.3 is 6.09 Å². The number of thioether (sulfide) groups is 1. The summed E-state index contributed by atoms with van der Waals surface area (Å²) in [5.74, 6) is 0. The Labute approximate surface area is 105 Å². The zero-order valence-corrected chi connectivity index (χ0v) is 10.7. The van der Waals surface area contributed by atoms with Crippen molar-refractivity contribution in [2.75, 3.05) is 31.4 Å². The molecule has 1 aliphatic heterocycles. The van der Waals surface area contributed by atoms with Crippen molar-refractivity contribution in [2.24, 2.45) is 0 Å². The first-order valence-corrected chi connectivity index (χ1v) is 6.58. The van der Waals surface area contributed by atoms with Gasteiger partial charge in [0.05, 0.1) is 13.2 Å². The van der Waals surface area contributed by atoms with Gasteiger partial charge in [0.15, 0.2) is 0 Å². The average Bonchev–Trinajstić information content (AvgIpc) is 2.71. The van der Waals surface area contributed by atoms with E-state index in [-0.39, 0.29) is 12.2 Å². The summed E-state index contributed by atoms with van der Waals surface area (Å²) in [4.78, 5) is 14.5. The van der Waals surface area contributed by atoms with Gasteiger partial charge in [-0.2, -0.15) is 0 Å². The van der Waals surface area contributed by atoms with E-state index in [4.69, 9.17) is 9.47 Å². The van der Waals surface area contributed by atoms with Crippen molar-refractivity contribution in [3.63, 3.8) is 0 Å². The molecule has 0 radical (unpaired) electrons. The van der Waals surface area contributed by atoms with Gasteiger partial charge in [0.25, 0.3) is 0 Å². The van der Waals surface area contributed by atoms with E-state index in [0.29, 0.717) is 13.2 Å². The highest BCUT2D eigenvalue weighted by atomic mass is 32.2. The number of anilines is 1. The van der Waals surface area contributed by atoms with E-state index in [1.807, 2.05) is 30.5 Å². The van der Waals surface area contributed by atoms with Crippen LogP contribution in [-0.2, 0) is 9.47 Å². The van der Waals surface area contributed by atoms with Gasteiger partial charge in [0.1, 0.15) is 6.10 Å². The number of rotatable bonds is 4. The summed E-state index contributed by atoms with van der Waals surface area (Å²) in [5.41, 5.74) is 0.867. The van der Waals surface area contributed by atoms with E-state index in [1.165, 1.54) is 4.90 Å². The van der Waals surface area contributed by atoms with Gasteiger partial charge in [0, 0.05) is 17.7 Å². The third-order valence-electron chi connectivity index (χ3n) is 2.61. The molecule has 1 heterocycles. The number of hydrogen-bond acceptors (Lipinski definition) is 4. The van der Waals surface area contributed by atoms with Crippen LogP contribution in [0.25, 0.3) is 0 Å². The van der Waals surface area contributed by atoms with E-state index >= 15 is 0 Å². The lowest BCUT2D eigenvalue weighted by atomic mass is 10.3. The Bertz CT molecular complexity index is 393. The third-order valence-corrected chi connectivity index (χ3v) is 3.35. The molecule has 0 saturated carbocycles. The number of hydrogen-bond donors (Lipinski definition) is 0. The molecule has 4 nitrogen and oxygen atoms in total. The lowest BCUT2D eigenvalue weighted by Crippen LogP contribution is -2.25. The van der Waals surface area contributed by atoms with Crippen LogP contribution < -0.4 is 4.90 Å². The molecule has 1 aromatic rings. The van der Waals surface area contributed by atoms with Gasteiger partial charge in [0.2, 0.25) is 0 Å². The first-order valence-electron chi connectivity index (χ1n) is 5.35. The summed E-state index contributed by atoms with van der Waals surface area (Å²) in [5, 5.41) is 0. The van der Waals surface area contributed by atoms with Crippen molar-refractivity contribution in [3.8, 4) is 0 Å². The van der Waals surface area contributed by atoms with Gasteiger partial charge in [-0.3, -0.25) is 4.90 Å². The molecule has 0 bridgehead atoms. The Balaban J connectivity index is 2.08. The molecule has 1 atom stereocenters. The van der Waals surface area contributed by atoms with Gasteiger partial charge in [-0.05, 0) is 30.5 Å². The second-order valence-electron chi connectivity index (χ2n) is 3.77. The Morgan fingerprint density at radius 1 is 1.47 bits per heavy atom. The van der Waals surface area contributed by atoms with Gasteiger partial charge < -0.3 is 9.47 Å². The molecular weight excluding hydrogens is 238 g/mol. The quantitative estimate of drug-likeness (QED) is 0.772. The number of benzene rings is 1. The van der Waals surface area contributed by atoms with E-state index in [0.717, 1.165) is 5.69 Å². The predicted molar refractivity (Wildman–Crippen MR) is 67.7 cm³/mol. The Morgan fingerprint density at radius 3 is 2.76 bits per heavy atom. The molecule has 0 aliphatic carbocycles. The maximum atomic E-state index is 11.7. The largest absolute Gasteiger partial charge is 0.441 e. The summed E-state index contributed by atoms with van der Waals surface area (Å²) in [6.45, 7) is 0.983. The van der Waals surface area contributed by atoms with Crippen LogP contribution in [0.4, 0.5) is 10.5 Å². The van der Waals surface area contributed by atoms with E-state index in [2.05, 4.69) is 0 Å². The molecule has 0 aromatic heterocycles. The molecular formula is C12H15NO3S. The van der Waals surface area contributed by atoms with Crippen LogP contribution in [0.3, 0.4) is 0 Å². The summed E-state index contributed by atoms with van der Waals surface area (Å²) in [6, 6.07) is 7.86. The van der Waals surface area contributed by atoms with Crippen molar-refractivity contribution in [1.82, 2.24) is 0 Å². The molecule has 5 heteroatoms. The highest BCUT2D eigenvalue weighted by Crippen LogP contribution is 2.24. The Kier molecular flexibility index (Phi) is 3.91. The predicted octanol–water partition coefficient (Wildman–Crippen LogP) is 2.38. The number of amides is 1. The summed E-state index contributed by atoms with van der Waals surface area (Å²) < 4.78 is 10.2. The first-order chi connectivity index (χ1) is 8.24. The van der Waals surface area contributed by atoms with Crippen molar-refractivity contribution in [3.05, 3.63) is 24.3 Å². The van der Waals surface area contributed by atoms with Crippen molar-refractivity contribution < 1.29 is 14.3 Å². The Hall–Kier alpha value is -1.20. The van der Waals surface area contributed by atoms with Gasteiger partial charge in [-0.1, -0.05) is 0 Å². The number of carbonyl (C=O) groups excluding carboxylic acids is 1. The normalized spacial score (nSPS) is 19.5. The van der Waals surface area contributed by atoms with Crippen LogP contribution >= 0.6 is 11.8 Å². The lowest BCUT2D eigenvalue weighted by Gasteiger charge is -2.13. The minimum Gasteiger partial charge on any atom is -0.441 e. The minimum atomic E-state index is -0.302. The number of cyclic esters (lactones) is 1. The maximum absolute atomic E-state index is 11.7. The second-order valence-corrected chi connectivity index (χ2v) is 4.65. The van der Waals surface area contributed by atoms with Crippen LogP contribution in [-0.4, -0.2) is 38.7 Å². The zero-order valence-electron chi connectivity index (χ0n) is 9.88. The molecule has 92 valence electrons. The molecule has 1 fully saturated rings. The van der Waals surface area contributed by atoms with E-state index in [9.17, 15) is 4.79 Å². The van der Waals surface area contributed by atoms with Gasteiger partial charge in [-0.15, -0.1) is 11.8 Å². The fraction of sp³-hybridized carbons (Fsp3) is 0.417. The number of ether oxygens (including phenoxy) is 2. The topological polar surface area (TPSA) is 38.8 Å². The molecule has 1 aromatic carbocycles. The average molecular weight is 253 g/mol. The van der Waals surface area contributed by atoms with E-state index < -0.39 is 0 Å². The van der Waals surface area contributed by atoms with Crippen LogP contribution in [0.5, 0.6) is 0 Å². The molecule has 1 amide bonds. The van der Waals surface area contributed by atoms with Crippen LogP contribution in [0, 0.1) is 0 Å². The highest BCUT2D eigenvalue weighted by Gasteiger charge is 2.32. The lowest BCUT2D eigenvalue weighted by molar-refractivity contribution is 0.0718. The smallest absolute Gasteiger partial charge is 0.414 e. The molecule has 0 N–H and O–H groups in total. The number of methoxy groups -OCH3 is 1. The fourth-order valence-corrected chi connectivity index (χ4v) is 2.18. The SMILES string of the molecule is COCC1CN(c2ccc(SC)cc2)C(=O)O1. The molecule has 2 rings (SSSR count). The fourth-order valence-electron chi connectivity index (χ4n) is 1.77. The van der Waals surface area contributed by atoms with Crippen molar-refractivity contribution >= 4 is 23.5 Å². The molecule has 1 aliphatic rings. The second kappa shape index (κ2) is 5.42. The highest BCUT2D eigenvalue weighted by molar-refractivity contribution is 7.98. The number of carbonyl (C=O) groups is 1. The third kappa shape index (κ3) is 2.73. The Morgan fingerprint density at radius 2 is 2.18 bits per heavy atom. The van der Waals surface area contributed by atoms with Crippen molar-refractivity contribution in [2.45, 2.75) is 11.0 Å². The van der Waals surface area contributed by atoms with Gasteiger partial charge in [-0.25, -0.2) is 4.79 Å². The monoisotopic (exact) mass is 253 g/mol. The molecule has 1 saturated heterocycles. The van der Waals surface area contributed by atoms with Crippen LogP contribution in [0.1, 0.15) is 0 Å². The summed E-state index contributed by atoms with van der Waals surface area (Å²) >= 11 is 1.67. The summed E-state index contributed by atoms with van der Waals surface area (Å²) in [6.07, 6.45) is 1.55. The molecule has 17 heavy (non-hydrogen) atoms.